The van der Waals surface area contributed by atoms with Crippen LogP contribution in [0.3, 0.4) is 0 Å². The Hall–Kier alpha value is -4.17. The summed E-state index contributed by atoms with van der Waals surface area (Å²) in [5.74, 6) is 0.161. The quantitative estimate of drug-likeness (QED) is 0.201. The van der Waals surface area contributed by atoms with Gasteiger partial charge in [-0.2, -0.15) is 0 Å². The van der Waals surface area contributed by atoms with E-state index in [1.807, 2.05) is 43.5 Å². The van der Waals surface area contributed by atoms with Gasteiger partial charge in [-0.3, -0.25) is 0 Å². The molecule has 236 valence electrons. The lowest BCUT2D eigenvalue weighted by Crippen LogP contribution is -2.54. The first-order valence-electron chi connectivity index (χ1n) is 16.4. The van der Waals surface area contributed by atoms with Crippen LogP contribution in [0, 0.1) is 11.3 Å². The SMILES string of the molecule is CCCC(CC)C(CC)(CC)C(O)(CC)OC1=CC2=C[N+]1=N[N+]1=NN=C(C=C3C=CC(=C3)C=Cc3ccc(OC)cc3C=C2)C1. The zero-order chi connectivity index (χ0) is 32.0. The van der Waals surface area contributed by atoms with Crippen molar-refractivity contribution in [1.29, 1.82) is 0 Å². The van der Waals surface area contributed by atoms with E-state index >= 15 is 0 Å². The van der Waals surface area contributed by atoms with Crippen LogP contribution < -0.4 is 4.74 Å². The molecule has 1 aromatic rings. The lowest BCUT2D eigenvalue weighted by atomic mass is 9.62. The minimum atomic E-state index is -1.40. The molecule has 2 unspecified atom stereocenters. The number of hydrogen-bond acceptors (Lipinski definition) is 6. The van der Waals surface area contributed by atoms with Crippen LogP contribution in [0.25, 0.3) is 12.2 Å². The van der Waals surface area contributed by atoms with E-state index in [4.69, 9.17) is 14.7 Å². The van der Waals surface area contributed by atoms with Crippen LogP contribution in [0.15, 0.2) is 105 Å². The van der Waals surface area contributed by atoms with Gasteiger partial charge in [0.1, 0.15) is 21.5 Å². The number of benzene rings is 1. The molecule has 6 bridgehead atoms. The Morgan fingerprint density at radius 2 is 1.60 bits per heavy atom. The van der Waals surface area contributed by atoms with Crippen LogP contribution in [-0.4, -0.2) is 39.8 Å². The third kappa shape index (κ3) is 6.61. The van der Waals surface area contributed by atoms with Crippen molar-refractivity contribution >= 4 is 17.9 Å². The molecule has 5 rings (SSSR count). The fraction of sp³-hybridized carbons (Fsp3) is 0.432. The minimum Gasteiger partial charge on any atom is -0.497 e. The topological polar surface area (TPSA) is 81.8 Å². The second-order valence-electron chi connectivity index (χ2n) is 12.0. The number of nitrogens with zero attached hydrogens (tertiary/aromatic N) is 5. The van der Waals surface area contributed by atoms with Crippen LogP contribution in [0.4, 0.5) is 0 Å². The summed E-state index contributed by atoms with van der Waals surface area (Å²) in [5, 5.41) is 25.9. The molecule has 4 aliphatic rings. The van der Waals surface area contributed by atoms with E-state index in [9.17, 15) is 5.11 Å². The van der Waals surface area contributed by atoms with E-state index in [0.717, 1.165) is 71.4 Å². The van der Waals surface area contributed by atoms with Gasteiger partial charge in [0.2, 0.25) is 12.0 Å². The Balaban J connectivity index is 1.58. The van der Waals surface area contributed by atoms with Gasteiger partial charge < -0.3 is 14.6 Å². The molecule has 0 saturated carbocycles. The molecule has 1 N–H and O–H groups in total. The number of fused-ring (bicyclic) bond motifs is 5. The molecule has 2 atom stereocenters. The van der Waals surface area contributed by atoms with Crippen molar-refractivity contribution < 1.29 is 24.1 Å². The van der Waals surface area contributed by atoms with E-state index in [2.05, 4.69) is 80.5 Å². The number of methoxy groups -OCH3 is 1. The smallest absolute Gasteiger partial charge is 0.407 e. The highest BCUT2D eigenvalue weighted by molar-refractivity contribution is 5.97. The summed E-state index contributed by atoms with van der Waals surface area (Å²) in [6.07, 6.45) is 25.6. The minimum absolute atomic E-state index is 0.317. The highest BCUT2D eigenvalue weighted by atomic mass is 16.6. The van der Waals surface area contributed by atoms with Crippen molar-refractivity contribution in [2.24, 2.45) is 26.9 Å². The molecule has 0 saturated heterocycles. The molecule has 0 fully saturated rings. The molecule has 0 amide bonds. The van der Waals surface area contributed by atoms with Crippen LogP contribution >= 0.6 is 0 Å². The molecule has 45 heavy (non-hydrogen) atoms. The molecular weight excluding hydrogens is 562 g/mol. The maximum absolute atomic E-state index is 12.5. The van der Waals surface area contributed by atoms with Gasteiger partial charge in [0, 0.05) is 16.5 Å². The van der Waals surface area contributed by atoms with Crippen molar-refractivity contribution in [2.75, 3.05) is 13.7 Å². The van der Waals surface area contributed by atoms with Crippen LogP contribution in [0.1, 0.15) is 84.3 Å². The summed E-state index contributed by atoms with van der Waals surface area (Å²) in [4.78, 5) is 1.55. The van der Waals surface area contributed by atoms with Gasteiger partial charge in [0.15, 0.2) is 0 Å². The first-order chi connectivity index (χ1) is 21.8. The van der Waals surface area contributed by atoms with E-state index in [-0.39, 0.29) is 0 Å². The Bertz CT molecular complexity index is 1610. The zero-order valence-electron chi connectivity index (χ0n) is 27.5. The highest BCUT2D eigenvalue weighted by Gasteiger charge is 2.55. The summed E-state index contributed by atoms with van der Waals surface area (Å²) in [6.45, 7) is 11.2. The third-order valence-corrected chi connectivity index (χ3v) is 9.61. The summed E-state index contributed by atoms with van der Waals surface area (Å²) in [5.41, 5.74) is 5.50. The van der Waals surface area contributed by atoms with Crippen LogP contribution in [0.5, 0.6) is 5.75 Å². The number of ether oxygens (including phenoxy) is 2. The number of hydrogen-bond donors (Lipinski definition) is 1. The number of allylic oxidation sites excluding steroid dienone is 9. The predicted octanol–water partition coefficient (Wildman–Crippen LogP) is 8.86. The molecule has 1 aliphatic carbocycles. The lowest BCUT2D eigenvalue weighted by molar-refractivity contribution is -0.715. The second-order valence-corrected chi connectivity index (χ2v) is 12.0. The van der Waals surface area contributed by atoms with Crippen molar-refractivity contribution in [3.8, 4) is 5.75 Å². The van der Waals surface area contributed by atoms with E-state index in [1.165, 1.54) is 0 Å². The average molecular weight is 610 g/mol. The largest absolute Gasteiger partial charge is 0.497 e. The third-order valence-electron chi connectivity index (χ3n) is 9.61. The van der Waals surface area contributed by atoms with Gasteiger partial charge in [-0.25, -0.2) is 0 Å². The van der Waals surface area contributed by atoms with Gasteiger partial charge in [-0.15, -0.1) is 0 Å². The molecule has 0 aromatic heterocycles. The van der Waals surface area contributed by atoms with E-state index < -0.39 is 11.2 Å². The molecule has 1 aromatic carbocycles. The predicted molar refractivity (Wildman–Crippen MR) is 178 cm³/mol. The van der Waals surface area contributed by atoms with E-state index in [0.29, 0.717) is 24.8 Å². The fourth-order valence-electron chi connectivity index (χ4n) is 7.07. The molecule has 3 heterocycles. The Labute approximate surface area is 267 Å². The molecule has 8 heteroatoms. The summed E-state index contributed by atoms with van der Waals surface area (Å²) in [7, 11) is 1.68. The Morgan fingerprint density at radius 3 is 2.31 bits per heavy atom. The van der Waals surface area contributed by atoms with Crippen molar-refractivity contribution in [3.63, 3.8) is 0 Å². The molecule has 3 aliphatic heterocycles. The highest BCUT2D eigenvalue weighted by Crippen LogP contribution is 2.51. The second kappa shape index (κ2) is 13.9. The average Bonchev–Trinajstić information content (AvgIpc) is 3.79. The van der Waals surface area contributed by atoms with Crippen molar-refractivity contribution in [3.05, 3.63) is 101 Å². The summed E-state index contributed by atoms with van der Waals surface area (Å²) >= 11 is 0. The maximum Gasteiger partial charge on any atom is 0.407 e. The van der Waals surface area contributed by atoms with Gasteiger partial charge in [-0.1, -0.05) is 89.0 Å². The molecular formula is C37H47N5O3+2. The summed E-state index contributed by atoms with van der Waals surface area (Å²) < 4.78 is 14.0. The van der Waals surface area contributed by atoms with Gasteiger partial charge >= 0.3 is 11.1 Å². The Morgan fingerprint density at radius 1 is 0.867 bits per heavy atom. The first kappa shape index (κ1) is 32.2. The molecule has 0 spiro atoms. The molecule has 0 radical (unpaired) electrons. The standard InChI is InChI=1S/C37H47N5O3/c1-7-12-32(8-2)36(9-3,10-4)37(43,11-5)45-35-23-29-16-18-31-24-34(44-6)20-19-30(31)17-15-27-13-14-28(21-27)22-33-26-42(39-38-33)40-41(35)25-29/h13-25,32,43H,7-12,26H2,1-6H3/q+2. The first-order valence-corrected chi connectivity index (χ1v) is 16.4. The van der Waals surface area contributed by atoms with Crippen molar-refractivity contribution in [2.45, 2.75) is 78.9 Å². The van der Waals surface area contributed by atoms with Gasteiger partial charge in [0.05, 0.1) is 18.8 Å². The molecule has 8 nitrogen and oxygen atoms in total. The Kier molecular flexibility index (Phi) is 9.93. The number of rotatable bonds is 11. The van der Waals surface area contributed by atoms with Crippen LogP contribution in [0.2, 0.25) is 0 Å². The number of aliphatic hydroxyl groups is 1. The van der Waals surface area contributed by atoms with Gasteiger partial charge in [0.25, 0.3) is 6.54 Å². The van der Waals surface area contributed by atoms with Gasteiger partial charge in [-0.05, 0) is 77.8 Å². The van der Waals surface area contributed by atoms with Crippen molar-refractivity contribution in [1.82, 2.24) is 0 Å². The normalized spacial score (nSPS) is 19.3. The van der Waals surface area contributed by atoms with E-state index in [1.54, 1.807) is 16.6 Å². The summed E-state index contributed by atoms with van der Waals surface area (Å²) in [6, 6.07) is 6.06. The monoisotopic (exact) mass is 609 g/mol. The van der Waals surface area contributed by atoms with Crippen LogP contribution in [-0.2, 0) is 4.74 Å². The zero-order valence-corrected chi connectivity index (χ0v) is 27.5. The fourth-order valence-corrected chi connectivity index (χ4v) is 7.07. The lowest BCUT2D eigenvalue weighted by Gasteiger charge is -2.49. The maximum atomic E-state index is 12.5.